The smallest absolute Gasteiger partial charge is 0.420 e. The predicted molar refractivity (Wildman–Crippen MR) is 32.0 cm³/mol. The van der Waals surface area contributed by atoms with Crippen molar-refractivity contribution in [2.75, 3.05) is 0 Å². The molecule has 1 atom stereocenters. The van der Waals surface area contributed by atoms with Crippen LogP contribution in [-0.2, 0) is 4.74 Å². The molecule has 0 radical (unpaired) electrons. The summed E-state index contributed by atoms with van der Waals surface area (Å²) in [5.41, 5.74) is 5.37. The Morgan fingerprint density at radius 1 is 1.89 bits per heavy atom. The van der Waals surface area contributed by atoms with Gasteiger partial charge in [-0.05, 0) is 0 Å². The first-order chi connectivity index (χ1) is 4.27. The molecule has 0 aromatic rings. The topological polar surface area (TPSA) is 55.6 Å². The van der Waals surface area contributed by atoms with Gasteiger partial charge in [0, 0.05) is 18.0 Å². The van der Waals surface area contributed by atoms with E-state index >= 15 is 0 Å². The average Bonchev–Trinajstić information content (AvgIpc) is 2.08. The van der Waals surface area contributed by atoms with E-state index in [0.29, 0.717) is 5.03 Å². The van der Waals surface area contributed by atoms with Crippen molar-refractivity contribution in [3.8, 4) is 0 Å². The van der Waals surface area contributed by atoms with Gasteiger partial charge in [-0.1, -0.05) is 0 Å². The third kappa shape index (κ3) is 0.519. The van der Waals surface area contributed by atoms with Crippen LogP contribution in [-0.4, -0.2) is 16.6 Å². The standard InChI is InChI=1S/C4H4N2O2S/c5-2-1-3-6(9-2)4(7)8-3/h1,3H,5H2. The molecule has 1 fully saturated rings. The van der Waals surface area contributed by atoms with E-state index in [1.165, 1.54) is 16.3 Å². The molecule has 2 heterocycles. The number of hydrogen-bond acceptors (Lipinski definition) is 4. The highest BCUT2D eigenvalue weighted by Crippen LogP contribution is 2.36. The fourth-order valence-electron chi connectivity index (χ4n) is 0.733. The number of hydrogen-bond donors (Lipinski definition) is 1. The number of carbonyl (C=O) groups is 1. The van der Waals surface area contributed by atoms with E-state index in [0.717, 1.165) is 0 Å². The van der Waals surface area contributed by atoms with Crippen molar-refractivity contribution in [2.24, 2.45) is 5.73 Å². The van der Waals surface area contributed by atoms with E-state index in [1.807, 2.05) is 0 Å². The Kier molecular flexibility index (Phi) is 0.751. The molecular formula is C4H4N2O2S. The molecule has 48 valence electrons. The Labute approximate surface area is 55.8 Å². The van der Waals surface area contributed by atoms with Crippen molar-refractivity contribution in [3.05, 3.63) is 11.1 Å². The molecule has 9 heavy (non-hydrogen) atoms. The largest absolute Gasteiger partial charge is 0.425 e. The maximum Gasteiger partial charge on any atom is 0.425 e. The molecule has 4 nitrogen and oxygen atoms in total. The molecule has 0 spiro atoms. The number of ether oxygens (including phenoxy) is 1. The summed E-state index contributed by atoms with van der Waals surface area (Å²) in [6, 6.07) is 0. The van der Waals surface area contributed by atoms with Crippen molar-refractivity contribution in [3.63, 3.8) is 0 Å². The third-order valence-electron chi connectivity index (χ3n) is 1.14. The lowest BCUT2D eigenvalue weighted by Crippen LogP contribution is -2.46. The SMILES string of the molecule is NC1=CC2OC(=O)N2S1. The molecule has 0 aromatic carbocycles. The Balaban J connectivity index is 2.18. The number of amides is 1. The van der Waals surface area contributed by atoms with Crippen LogP contribution in [0.2, 0.25) is 0 Å². The number of carbonyl (C=O) groups excluding carboxylic acids is 1. The van der Waals surface area contributed by atoms with Crippen molar-refractivity contribution >= 4 is 18.0 Å². The van der Waals surface area contributed by atoms with Gasteiger partial charge in [0.1, 0.15) is 0 Å². The Morgan fingerprint density at radius 3 is 3.11 bits per heavy atom. The highest BCUT2D eigenvalue weighted by atomic mass is 32.2. The van der Waals surface area contributed by atoms with E-state index in [9.17, 15) is 4.79 Å². The first-order valence-corrected chi connectivity index (χ1v) is 3.20. The molecule has 0 aromatic heterocycles. The van der Waals surface area contributed by atoms with Crippen LogP contribution in [0.3, 0.4) is 0 Å². The molecule has 0 aliphatic carbocycles. The molecule has 1 unspecified atom stereocenters. The van der Waals surface area contributed by atoms with Crippen LogP contribution >= 0.6 is 11.9 Å². The summed E-state index contributed by atoms with van der Waals surface area (Å²) in [4.78, 5) is 10.5. The van der Waals surface area contributed by atoms with Crippen LogP contribution in [0.4, 0.5) is 4.79 Å². The molecule has 2 aliphatic heterocycles. The Morgan fingerprint density at radius 2 is 2.67 bits per heavy atom. The quantitative estimate of drug-likeness (QED) is 0.494. The summed E-state index contributed by atoms with van der Waals surface area (Å²) in [6.07, 6.45) is 1.20. The van der Waals surface area contributed by atoms with Gasteiger partial charge in [0.05, 0.1) is 5.03 Å². The lowest BCUT2D eigenvalue weighted by atomic mass is 10.5. The fraction of sp³-hybridized carbons (Fsp3) is 0.250. The van der Waals surface area contributed by atoms with E-state index in [4.69, 9.17) is 5.73 Å². The molecule has 5 heteroatoms. The second kappa shape index (κ2) is 1.36. The minimum Gasteiger partial charge on any atom is -0.420 e. The van der Waals surface area contributed by atoms with Crippen LogP contribution in [0.25, 0.3) is 0 Å². The van der Waals surface area contributed by atoms with Gasteiger partial charge < -0.3 is 10.5 Å². The second-order valence-corrected chi connectivity index (χ2v) is 2.81. The van der Waals surface area contributed by atoms with E-state index in [-0.39, 0.29) is 12.3 Å². The van der Waals surface area contributed by atoms with Crippen molar-refractivity contribution in [1.29, 1.82) is 0 Å². The summed E-state index contributed by atoms with van der Waals surface area (Å²) < 4.78 is 6.12. The minimum atomic E-state index is -0.304. The molecule has 1 amide bonds. The van der Waals surface area contributed by atoms with Crippen molar-refractivity contribution in [2.45, 2.75) is 6.23 Å². The highest BCUT2D eigenvalue weighted by Gasteiger charge is 2.42. The average molecular weight is 144 g/mol. The van der Waals surface area contributed by atoms with Crippen LogP contribution in [0.1, 0.15) is 0 Å². The summed E-state index contributed by atoms with van der Waals surface area (Å²) in [5.74, 6) is 0. The summed E-state index contributed by atoms with van der Waals surface area (Å²) >= 11 is 1.22. The van der Waals surface area contributed by atoms with Gasteiger partial charge in [-0.25, -0.2) is 9.10 Å². The predicted octanol–water partition coefficient (Wildman–Crippen LogP) is 0.227. The summed E-state index contributed by atoms with van der Waals surface area (Å²) in [7, 11) is 0. The lowest BCUT2D eigenvalue weighted by molar-refractivity contribution is -0.0129. The Bertz CT molecular complexity index is 203. The summed E-state index contributed by atoms with van der Waals surface area (Å²) in [5, 5.41) is 0.630. The number of fused-ring (bicyclic) bond motifs is 1. The highest BCUT2D eigenvalue weighted by molar-refractivity contribution is 8.01. The van der Waals surface area contributed by atoms with Crippen molar-refractivity contribution < 1.29 is 9.53 Å². The normalized spacial score (nSPS) is 30.7. The van der Waals surface area contributed by atoms with Gasteiger partial charge in [-0.3, -0.25) is 0 Å². The zero-order chi connectivity index (χ0) is 6.43. The van der Waals surface area contributed by atoms with Crippen LogP contribution in [0.15, 0.2) is 11.1 Å². The molecule has 2 rings (SSSR count). The molecule has 0 saturated carbocycles. The Hall–Kier alpha value is -0.840. The van der Waals surface area contributed by atoms with E-state index in [2.05, 4.69) is 4.74 Å². The zero-order valence-corrected chi connectivity index (χ0v) is 5.22. The molecule has 2 aliphatic rings. The van der Waals surface area contributed by atoms with Crippen LogP contribution in [0.5, 0.6) is 0 Å². The van der Waals surface area contributed by atoms with E-state index in [1.54, 1.807) is 6.08 Å². The number of nitrogens with two attached hydrogens (primary N) is 1. The van der Waals surface area contributed by atoms with Crippen molar-refractivity contribution in [1.82, 2.24) is 4.31 Å². The molecule has 1 saturated heterocycles. The molecular weight excluding hydrogens is 140 g/mol. The lowest BCUT2D eigenvalue weighted by Gasteiger charge is -2.30. The third-order valence-corrected chi connectivity index (χ3v) is 2.04. The maximum atomic E-state index is 10.5. The van der Waals surface area contributed by atoms with Gasteiger partial charge in [0.25, 0.3) is 0 Å². The summed E-state index contributed by atoms with van der Waals surface area (Å²) in [6.45, 7) is 0. The van der Waals surface area contributed by atoms with E-state index < -0.39 is 0 Å². The number of nitrogens with zero attached hydrogens (tertiary/aromatic N) is 1. The van der Waals surface area contributed by atoms with Gasteiger partial charge in [0.15, 0.2) is 0 Å². The molecule has 0 bridgehead atoms. The van der Waals surface area contributed by atoms with Gasteiger partial charge in [-0.2, -0.15) is 0 Å². The second-order valence-electron chi connectivity index (χ2n) is 1.76. The van der Waals surface area contributed by atoms with Gasteiger partial charge in [-0.15, -0.1) is 0 Å². The van der Waals surface area contributed by atoms with Gasteiger partial charge in [0.2, 0.25) is 6.23 Å². The van der Waals surface area contributed by atoms with Gasteiger partial charge >= 0.3 is 6.09 Å². The minimum absolute atomic E-state index is 0.192. The van der Waals surface area contributed by atoms with Crippen LogP contribution < -0.4 is 5.73 Å². The maximum absolute atomic E-state index is 10.5. The first-order valence-electron chi connectivity index (χ1n) is 2.42. The number of rotatable bonds is 0. The molecule has 2 N–H and O–H groups in total. The van der Waals surface area contributed by atoms with Crippen LogP contribution in [0, 0.1) is 0 Å². The first kappa shape index (κ1) is 4.99. The fourth-order valence-corrected chi connectivity index (χ4v) is 1.46. The monoisotopic (exact) mass is 144 g/mol. The zero-order valence-electron chi connectivity index (χ0n) is 4.40.